The van der Waals surface area contributed by atoms with Crippen molar-refractivity contribution in [2.45, 2.75) is 32.1 Å². The fourth-order valence-electron chi connectivity index (χ4n) is 2.69. The lowest BCUT2D eigenvalue weighted by molar-refractivity contribution is -0.142. The zero-order chi connectivity index (χ0) is 12.3. The molecule has 0 aromatic rings. The van der Waals surface area contributed by atoms with Crippen LogP contribution in [0.1, 0.15) is 32.1 Å². The van der Waals surface area contributed by atoms with E-state index in [9.17, 15) is 4.79 Å². The molecule has 1 saturated carbocycles. The Labute approximate surface area is 103 Å². The first kappa shape index (κ1) is 12.4. The average molecular weight is 236 g/mol. The molecule has 4 heteroatoms. The van der Waals surface area contributed by atoms with E-state index in [4.69, 9.17) is 10.00 Å². The number of rotatable bonds is 3. The molecule has 2 aliphatic rings. The van der Waals surface area contributed by atoms with Gasteiger partial charge in [0.25, 0.3) is 0 Å². The van der Waals surface area contributed by atoms with Gasteiger partial charge in [-0.1, -0.05) is 0 Å². The van der Waals surface area contributed by atoms with E-state index >= 15 is 0 Å². The van der Waals surface area contributed by atoms with Crippen molar-refractivity contribution in [3.05, 3.63) is 0 Å². The summed E-state index contributed by atoms with van der Waals surface area (Å²) in [5.41, 5.74) is -0.704. The summed E-state index contributed by atoms with van der Waals surface area (Å²) in [5, 5.41) is 9.14. The zero-order valence-corrected chi connectivity index (χ0v) is 10.4. The van der Waals surface area contributed by atoms with Crippen LogP contribution >= 0.6 is 0 Å². The van der Waals surface area contributed by atoms with Crippen molar-refractivity contribution >= 4 is 5.91 Å². The van der Waals surface area contributed by atoms with Crippen LogP contribution in [0, 0.1) is 22.7 Å². The normalized spacial score (nSPS) is 26.7. The molecular formula is C13H20N2O2. The number of ether oxygens (including phenoxy) is 1. The van der Waals surface area contributed by atoms with Gasteiger partial charge in [-0.05, 0) is 38.0 Å². The van der Waals surface area contributed by atoms with Crippen LogP contribution in [0.3, 0.4) is 0 Å². The van der Waals surface area contributed by atoms with E-state index in [2.05, 4.69) is 6.07 Å². The predicted molar refractivity (Wildman–Crippen MR) is 63.1 cm³/mol. The van der Waals surface area contributed by atoms with E-state index in [1.807, 2.05) is 7.05 Å². The molecule has 2 fully saturated rings. The van der Waals surface area contributed by atoms with Crippen molar-refractivity contribution in [1.82, 2.24) is 4.90 Å². The monoisotopic (exact) mass is 236 g/mol. The van der Waals surface area contributed by atoms with Crippen LogP contribution in [0.2, 0.25) is 0 Å². The maximum absolute atomic E-state index is 12.2. The molecule has 94 valence electrons. The van der Waals surface area contributed by atoms with E-state index < -0.39 is 5.41 Å². The molecule has 1 atom stereocenters. The summed E-state index contributed by atoms with van der Waals surface area (Å²) < 4.78 is 5.41. The number of hydrogen-bond acceptors (Lipinski definition) is 3. The van der Waals surface area contributed by atoms with Gasteiger partial charge in [0.1, 0.15) is 5.41 Å². The summed E-state index contributed by atoms with van der Waals surface area (Å²) in [7, 11) is 1.81. The predicted octanol–water partition coefficient (Wildman–Crippen LogP) is 1.57. The Morgan fingerprint density at radius 1 is 1.53 bits per heavy atom. The van der Waals surface area contributed by atoms with Gasteiger partial charge in [0.15, 0.2) is 0 Å². The number of nitrogens with zero attached hydrogens (tertiary/aromatic N) is 2. The summed E-state index contributed by atoms with van der Waals surface area (Å²) in [4.78, 5) is 14.0. The van der Waals surface area contributed by atoms with Gasteiger partial charge in [0.05, 0.1) is 12.7 Å². The second-order valence-corrected chi connectivity index (χ2v) is 5.32. The van der Waals surface area contributed by atoms with Crippen LogP contribution in [0.5, 0.6) is 0 Å². The third-order valence-corrected chi connectivity index (χ3v) is 3.96. The van der Waals surface area contributed by atoms with Crippen molar-refractivity contribution in [1.29, 1.82) is 5.26 Å². The summed E-state index contributed by atoms with van der Waals surface area (Å²) in [6.07, 6.45) is 4.66. The van der Waals surface area contributed by atoms with Gasteiger partial charge in [-0.25, -0.2) is 0 Å². The highest BCUT2D eigenvalue weighted by atomic mass is 16.5. The summed E-state index contributed by atoms with van der Waals surface area (Å²) >= 11 is 0. The highest BCUT2D eigenvalue weighted by Crippen LogP contribution is 2.41. The van der Waals surface area contributed by atoms with Crippen LogP contribution in [-0.4, -0.2) is 37.6 Å². The van der Waals surface area contributed by atoms with Gasteiger partial charge < -0.3 is 9.64 Å². The van der Waals surface area contributed by atoms with Crippen molar-refractivity contribution in [3.63, 3.8) is 0 Å². The Bertz CT molecular complexity index is 325. The first-order chi connectivity index (χ1) is 8.18. The number of amides is 1. The quantitative estimate of drug-likeness (QED) is 0.747. The zero-order valence-electron chi connectivity index (χ0n) is 10.4. The number of carbonyl (C=O) groups excluding carboxylic acids is 1. The van der Waals surface area contributed by atoms with E-state index in [1.165, 1.54) is 0 Å². The molecule has 0 N–H and O–H groups in total. The highest BCUT2D eigenvalue weighted by molar-refractivity contribution is 5.86. The molecule has 0 aromatic carbocycles. The highest BCUT2D eigenvalue weighted by Gasteiger charge is 2.46. The SMILES string of the molecule is CN(CC1CCCOC1)C(=O)C1(C#N)CCC1. The van der Waals surface area contributed by atoms with Crippen molar-refractivity contribution < 1.29 is 9.53 Å². The minimum atomic E-state index is -0.704. The Hall–Kier alpha value is -1.08. The third-order valence-electron chi connectivity index (χ3n) is 3.96. The lowest BCUT2D eigenvalue weighted by Crippen LogP contribution is -2.47. The maximum Gasteiger partial charge on any atom is 0.242 e. The molecule has 1 unspecified atom stereocenters. The fraction of sp³-hybridized carbons (Fsp3) is 0.846. The van der Waals surface area contributed by atoms with Crippen LogP contribution < -0.4 is 0 Å². The molecule has 0 radical (unpaired) electrons. The summed E-state index contributed by atoms with van der Waals surface area (Å²) in [6.45, 7) is 2.32. The number of nitriles is 1. The molecule has 2 rings (SSSR count). The largest absolute Gasteiger partial charge is 0.381 e. The van der Waals surface area contributed by atoms with Gasteiger partial charge in [0.2, 0.25) is 5.91 Å². The second-order valence-electron chi connectivity index (χ2n) is 5.32. The van der Waals surface area contributed by atoms with Crippen LogP contribution in [0.15, 0.2) is 0 Å². The fourth-order valence-corrected chi connectivity index (χ4v) is 2.69. The molecule has 0 aromatic heterocycles. The molecule has 1 aliphatic carbocycles. The van der Waals surface area contributed by atoms with Crippen molar-refractivity contribution in [2.24, 2.45) is 11.3 Å². The Morgan fingerprint density at radius 3 is 2.76 bits per heavy atom. The van der Waals surface area contributed by atoms with E-state index in [0.717, 1.165) is 51.9 Å². The lowest BCUT2D eigenvalue weighted by atomic mass is 9.69. The number of hydrogen-bond donors (Lipinski definition) is 0. The summed E-state index contributed by atoms with van der Waals surface area (Å²) in [6, 6.07) is 2.21. The minimum absolute atomic E-state index is 0.0109. The number of carbonyl (C=O) groups is 1. The van der Waals surface area contributed by atoms with Crippen LogP contribution in [0.4, 0.5) is 0 Å². The molecule has 4 nitrogen and oxygen atoms in total. The lowest BCUT2D eigenvalue weighted by Gasteiger charge is -2.38. The minimum Gasteiger partial charge on any atom is -0.381 e. The Balaban J connectivity index is 1.88. The van der Waals surface area contributed by atoms with Crippen molar-refractivity contribution in [2.75, 3.05) is 26.8 Å². The van der Waals surface area contributed by atoms with Crippen LogP contribution in [-0.2, 0) is 9.53 Å². The molecular weight excluding hydrogens is 216 g/mol. The topological polar surface area (TPSA) is 53.3 Å². The van der Waals surface area contributed by atoms with Gasteiger partial charge in [-0.2, -0.15) is 5.26 Å². The average Bonchev–Trinajstić information content (AvgIpc) is 2.29. The van der Waals surface area contributed by atoms with Crippen molar-refractivity contribution in [3.8, 4) is 6.07 Å². The second kappa shape index (κ2) is 5.05. The third kappa shape index (κ3) is 2.44. The van der Waals surface area contributed by atoms with Gasteiger partial charge in [-0.3, -0.25) is 4.79 Å². The smallest absolute Gasteiger partial charge is 0.242 e. The van der Waals surface area contributed by atoms with E-state index in [-0.39, 0.29) is 5.91 Å². The molecule has 17 heavy (non-hydrogen) atoms. The van der Waals surface area contributed by atoms with E-state index in [0.29, 0.717) is 5.92 Å². The standard InChI is InChI=1S/C13H20N2O2/c1-15(8-11-4-2-7-17-9-11)12(16)13(10-14)5-3-6-13/h11H,2-9H2,1H3. The molecule has 1 aliphatic heterocycles. The van der Waals surface area contributed by atoms with Crippen LogP contribution in [0.25, 0.3) is 0 Å². The summed E-state index contributed by atoms with van der Waals surface area (Å²) in [5.74, 6) is 0.449. The molecule has 1 heterocycles. The molecule has 1 saturated heterocycles. The Kier molecular flexibility index (Phi) is 3.68. The Morgan fingerprint density at radius 2 is 2.29 bits per heavy atom. The van der Waals surface area contributed by atoms with E-state index in [1.54, 1.807) is 4.90 Å². The van der Waals surface area contributed by atoms with Gasteiger partial charge in [0, 0.05) is 20.2 Å². The molecule has 0 bridgehead atoms. The molecule has 0 spiro atoms. The van der Waals surface area contributed by atoms with Gasteiger partial charge in [-0.15, -0.1) is 0 Å². The maximum atomic E-state index is 12.2. The first-order valence-corrected chi connectivity index (χ1v) is 6.42. The first-order valence-electron chi connectivity index (χ1n) is 6.42. The van der Waals surface area contributed by atoms with Gasteiger partial charge >= 0.3 is 0 Å². The molecule has 1 amide bonds.